The van der Waals surface area contributed by atoms with Gasteiger partial charge in [-0.15, -0.1) is 0 Å². The first kappa shape index (κ1) is 7.84. The minimum atomic E-state index is 0.577. The van der Waals surface area contributed by atoms with Crippen molar-refractivity contribution in [1.29, 1.82) is 0 Å². The first-order valence-electron chi connectivity index (χ1n) is 3.04. The highest BCUT2D eigenvalue weighted by Gasteiger charge is 1.93. The third kappa shape index (κ3) is 2.10. The second-order valence-electron chi connectivity index (χ2n) is 1.84. The molecule has 0 heterocycles. The summed E-state index contributed by atoms with van der Waals surface area (Å²) < 4.78 is 0. The molecule has 0 atom stereocenters. The van der Waals surface area contributed by atoms with Crippen molar-refractivity contribution >= 4 is 0 Å². The molecule has 0 fully saturated rings. The van der Waals surface area contributed by atoms with Crippen LogP contribution in [0.2, 0.25) is 0 Å². The first-order chi connectivity index (χ1) is 5.36. The molecule has 60 valence electrons. The van der Waals surface area contributed by atoms with E-state index in [2.05, 4.69) is 9.73 Å². The summed E-state index contributed by atoms with van der Waals surface area (Å²) in [5.41, 5.74) is 0. The summed E-state index contributed by atoms with van der Waals surface area (Å²) in [6.45, 7) is 0. The molecule has 0 aromatic heterocycles. The van der Waals surface area contributed by atoms with E-state index < -0.39 is 0 Å². The second kappa shape index (κ2) is 3.80. The molecule has 0 amide bonds. The van der Waals surface area contributed by atoms with Crippen molar-refractivity contribution in [3.8, 4) is 11.5 Å². The number of hydrogen-bond acceptors (Lipinski definition) is 4. The van der Waals surface area contributed by atoms with Crippen LogP contribution in [0.25, 0.3) is 0 Å². The zero-order valence-electron chi connectivity index (χ0n) is 6.11. The summed E-state index contributed by atoms with van der Waals surface area (Å²) >= 11 is 0. The van der Waals surface area contributed by atoms with Crippen LogP contribution in [-0.2, 0) is 4.89 Å². The molecule has 1 rings (SSSR count). The highest BCUT2D eigenvalue weighted by molar-refractivity contribution is 5.30. The van der Waals surface area contributed by atoms with Gasteiger partial charge >= 0.3 is 0 Å². The van der Waals surface area contributed by atoms with Crippen molar-refractivity contribution in [2.45, 2.75) is 0 Å². The Labute approximate surface area is 64.4 Å². The molecule has 2 N–H and O–H groups in total. The van der Waals surface area contributed by atoms with Crippen molar-refractivity contribution in [1.82, 2.24) is 0 Å². The Hall–Kier alpha value is -1.26. The molecule has 0 aliphatic rings. The summed E-state index contributed by atoms with van der Waals surface area (Å²) in [4.78, 5) is 13.6. The SMILES string of the molecule is COOc1ccc(ON)cc1. The summed E-state index contributed by atoms with van der Waals surface area (Å²) in [5.74, 6) is 6.08. The van der Waals surface area contributed by atoms with Gasteiger partial charge < -0.3 is 9.73 Å². The lowest BCUT2D eigenvalue weighted by Crippen LogP contribution is -2.01. The van der Waals surface area contributed by atoms with Crippen LogP contribution < -0.4 is 15.6 Å². The van der Waals surface area contributed by atoms with E-state index in [1.807, 2.05) is 0 Å². The van der Waals surface area contributed by atoms with Gasteiger partial charge in [0.15, 0.2) is 5.75 Å². The van der Waals surface area contributed by atoms with Gasteiger partial charge in [-0.2, -0.15) is 10.8 Å². The molecule has 0 aliphatic heterocycles. The van der Waals surface area contributed by atoms with E-state index in [4.69, 9.17) is 10.8 Å². The molecule has 0 saturated heterocycles. The Morgan fingerprint density at radius 2 is 1.64 bits per heavy atom. The molecule has 0 saturated carbocycles. The Morgan fingerprint density at radius 3 is 2.09 bits per heavy atom. The fourth-order valence-corrected chi connectivity index (χ4v) is 0.670. The highest BCUT2D eigenvalue weighted by Crippen LogP contribution is 2.16. The Bertz CT molecular complexity index is 209. The molecule has 0 bridgehead atoms. The molecule has 11 heavy (non-hydrogen) atoms. The Kier molecular flexibility index (Phi) is 2.71. The van der Waals surface area contributed by atoms with Crippen LogP contribution in [0.15, 0.2) is 24.3 Å². The lowest BCUT2D eigenvalue weighted by Gasteiger charge is -2.00. The van der Waals surface area contributed by atoms with Gasteiger partial charge in [0.05, 0.1) is 7.11 Å². The third-order valence-electron chi connectivity index (χ3n) is 1.14. The van der Waals surface area contributed by atoms with Crippen LogP contribution in [0.5, 0.6) is 11.5 Å². The molecular formula is C7H9NO3. The lowest BCUT2D eigenvalue weighted by molar-refractivity contribution is -0.178. The van der Waals surface area contributed by atoms with Gasteiger partial charge in [0, 0.05) is 0 Å². The molecule has 1 aromatic rings. The average molecular weight is 155 g/mol. The predicted octanol–water partition coefficient (Wildman–Crippen LogP) is 0.879. The van der Waals surface area contributed by atoms with Gasteiger partial charge in [-0.25, -0.2) is 0 Å². The normalized spacial score (nSPS) is 9.27. The van der Waals surface area contributed by atoms with Crippen LogP contribution in [0.4, 0.5) is 0 Å². The monoisotopic (exact) mass is 155 g/mol. The standard InChI is InChI=1S/C7H9NO3/c1-9-11-7-4-2-6(10-8)3-5-7/h2-5H,8H2,1H3. The minimum Gasteiger partial charge on any atom is -0.412 e. The molecule has 0 aliphatic carbocycles. The molecule has 0 radical (unpaired) electrons. The molecule has 4 heteroatoms. The van der Waals surface area contributed by atoms with Gasteiger partial charge in [0.2, 0.25) is 0 Å². The van der Waals surface area contributed by atoms with Crippen molar-refractivity contribution < 1.29 is 14.6 Å². The predicted molar refractivity (Wildman–Crippen MR) is 38.9 cm³/mol. The number of rotatable bonds is 3. The van der Waals surface area contributed by atoms with E-state index in [0.29, 0.717) is 11.5 Å². The first-order valence-corrected chi connectivity index (χ1v) is 3.04. The van der Waals surface area contributed by atoms with Crippen LogP contribution in [0.1, 0.15) is 0 Å². The fraction of sp³-hybridized carbons (Fsp3) is 0.143. The summed E-state index contributed by atoms with van der Waals surface area (Å²) in [6.07, 6.45) is 0. The van der Waals surface area contributed by atoms with Gasteiger partial charge in [-0.05, 0) is 24.3 Å². The summed E-state index contributed by atoms with van der Waals surface area (Å²) in [7, 11) is 1.44. The molecule has 4 nitrogen and oxygen atoms in total. The van der Waals surface area contributed by atoms with Crippen LogP contribution in [-0.4, -0.2) is 7.11 Å². The molecular weight excluding hydrogens is 146 g/mol. The van der Waals surface area contributed by atoms with E-state index in [9.17, 15) is 0 Å². The average Bonchev–Trinajstić information content (AvgIpc) is 2.07. The molecule has 0 unspecified atom stereocenters. The minimum absolute atomic E-state index is 0.577. The maximum atomic E-state index is 4.90. The maximum Gasteiger partial charge on any atom is 0.165 e. The van der Waals surface area contributed by atoms with E-state index >= 15 is 0 Å². The topological polar surface area (TPSA) is 53.7 Å². The number of hydrogen-bond donors (Lipinski definition) is 1. The summed E-state index contributed by atoms with van der Waals surface area (Å²) in [5, 5.41) is 0. The fourth-order valence-electron chi connectivity index (χ4n) is 0.670. The second-order valence-corrected chi connectivity index (χ2v) is 1.84. The number of nitrogens with two attached hydrogens (primary N) is 1. The molecule has 1 aromatic carbocycles. The highest BCUT2D eigenvalue weighted by atomic mass is 17.2. The van der Waals surface area contributed by atoms with E-state index in [1.165, 1.54) is 7.11 Å². The van der Waals surface area contributed by atoms with E-state index in [-0.39, 0.29) is 0 Å². The van der Waals surface area contributed by atoms with Crippen LogP contribution >= 0.6 is 0 Å². The zero-order valence-corrected chi connectivity index (χ0v) is 6.11. The molecule has 0 spiro atoms. The van der Waals surface area contributed by atoms with E-state index in [1.54, 1.807) is 24.3 Å². The lowest BCUT2D eigenvalue weighted by atomic mass is 10.3. The van der Waals surface area contributed by atoms with Crippen molar-refractivity contribution in [2.75, 3.05) is 7.11 Å². The van der Waals surface area contributed by atoms with Gasteiger partial charge in [-0.3, -0.25) is 0 Å². The zero-order chi connectivity index (χ0) is 8.10. The van der Waals surface area contributed by atoms with Crippen molar-refractivity contribution in [3.63, 3.8) is 0 Å². The van der Waals surface area contributed by atoms with Crippen LogP contribution in [0, 0.1) is 0 Å². The third-order valence-corrected chi connectivity index (χ3v) is 1.14. The van der Waals surface area contributed by atoms with Gasteiger partial charge in [-0.1, -0.05) is 0 Å². The van der Waals surface area contributed by atoms with Crippen LogP contribution in [0.3, 0.4) is 0 Å². The smallest absolute Gasteiger partial charge is 0.165 e. The summed E-state index contributed by atoms with van der Waals surface area (Å²) in [6, 6.07) is 6.72. The quantitative estimate of drug-likeness (QED) is 0.520. The van der Waals surface area contributed by atoms with Gasteiger partial charge in [0.1, 0.15) is 5.75 Å². The van der Waals surface area contributed by atoms with Crippen molar-refractivity contribution in [2.24, 2.45) is 5.90 Å². The maximum absolute atomic E-state index is 4.90. The number of benzene rings is 1. The van der Waals surface area contributed by atoms with E-state index in [0.717, 1.165) is 0 Å². The van der Waals surface area contributed by atoms with Crippen molar-refractivity contribution in [3.05, 3.63) is 24.3 Å². The Morgan fingerprint density at radius 1 is 1.09 bits per heavy atom. The Balaban J connectivity index is 2.66. The van der Waals surface area contributed by atoms with Gasteiger partial charge in [0.25, 0.3) is 0 Å². The largest absolute Gasteiger partial charge is 0.412 e.